The summed E-state index contributed by atoms with van der Waals surface area (Å²) in [7, 11) is 2.08. The predicted octanol–water partition coefficient (Wildman–Crippen LogP) is 2.80. The summed E-state index contributed by atoms with van der Waals surface area (Å²) in [5.74, 6) is 0. The van der Waals surface area contributed by atoms with Crippen LogP contribution < -0.4 is 3.80 Å². The Labute approximate surface area is 132 Å². The third-order valence-corrected chi connectivity index (χ3v) is 8.73. The van der Waals surface area contributed by atoms with Gasteiger partial charge in [-0.25, -0.2) is 0 Å². The van der Waals surface area contributed by atoms with Gasteiger partial charge in [-0.2, -0.15) is 0 Å². The summed E-state index contributed by atoms with van der Waals surface area (Å²) in [5.41, 5.74) is 2.94. The van der Waals surface area contributed by atoms with E-state index in [2.05, 4.69) is 77.3 Å². The molecule has 0 amide bonds. The van der Waals surface area contributed by atoms with Crippen LogP contribution in [0.5, 0.6) is 0 Å². The molecular formula is C16H30N2SiTi. The average Bonchev–Trinajstić information content (AvgIpc) is 2.81. The quantitative estimate of drug-likeness (QED) is 0.845. The summed E-state index contributed by atoms with van der Waals surface area (Å²) < 4.78 is 7.66. The minimum atomic E-state index is -2.07. The van der Waals surface area contributed by atoms with E-state index in [-0.39, 0.29) is 16.5 Å². The first-order chi connectivity index (χ1) is 8.67. The molecule has 0 aromatic carbocycles. The number of nitrogens with zero attached hydrogens (tertiary/aromatic N) is 1. The molecule has 1 aromatic heterocycles. The zero-order chi connectivity index (χ0) is 14.3. The second kappa shape index (κ2) is 6.19. The van der Waals surface area contributed by atoms with Crippen molar-refractivity contribution in [3.05, 3.63) is 40.1 Å². The molecule has 0 atom stereocenters. The first-order valence-electron chi connectivity index (χ1n) is 7.00. The number of aromatic nitrogens is 1. The molecule has 1 N–H and O–H groups in total. The van der Waals surface area contributed by atoms with E-state index < -0.39 is 16.8 Å². The Bertz CT molecular complexity index is 533. The van der Waals surface area contributed by atoms with Crippen molar-refractivity contribution < 1.29 is 16.8 Å². The maximum Gasteiger partial charge on any atom is -0.0149 e. The minimum Gasteiger partial charge on any atom is -0.0149 e. The maximum atomic E-state index is 3.90. The maximum absolute atomic E-state index is 3.90. The van der Waals surface area contributed by atoms with Crippen LogP contribution in [0.2, 0.25) is 10.5 Å². The third-order valence-electron chi connectivity index (χ3n) is 3.53. The van der Waals surface area contributed by atoms with Crippen molar-refractivity contribution in [3.8, 4) is 0 Å². The van der Waals surface area contributed by atoms with Gasteiger partial charge in [0.15, 0.2) is 0 Å². The van der Waals surface area contributed by atoms with Gasteiger partial charge in [-0.1, -0.05) is 0 Å². The van der Waals surface area contributed by atoms with E-state index in [0.29, 0.717) is 0 Å². The Morgan fingerprint density at radius 2 is 1.90 bits per heavy atom. The molecule has 2 rings (SSSR count). The molecule has 1 aromatic rings. The van der Waals surface area contributed by atoms with Gasteiger partial charge in [0.1, 0.15) is 0 Å². The van der Waals surface area contributed by atoms with Crippen molar-refractivity contribution in [1.82, 2.24) is 8.37 Å². The van der Waals surface area contributed by atoms with Gasteiger partial charge in [0.05, 0.1) is 0 Å². The van der Waals surface area contributed by atoms with Crippen molar-refractivity contribution in [3.63, 3.8) is 0 Å². The molecule has 2 nitrogen and oxygen atoms in total. The van der Waals surface area contributed by atoms with Crippen LogP contribution in [-0.2, 0) is 23.9 Å². The fourth-order valence-electron chi connectivity index (χ4n) is 2.85. The van der Waals surface area contributed by atoms with Crippen LogP contribution in [0, 0.1) is 0 Å². The summed E-state index contributed by atoms with van der Waals surface area (Å²) in [4.78, 5) is 0. The normalized spacial score (nSPS) is 15.7. The molecule has 20 heavy (non-hydrogen) atoms. The van der Waals surface area contributed by atoms with Crippen LogP contribution in [0.4, 0.5) is 0 Å². The molecule has 1 aliphatic carbocycles. The molecule has 0 aliphatic heterocycles. The monoisotopic (exact) mass is 326 g/mol. The van der Waals surface area contributed by atoms with E-state index in [9.17, 15) is 0 Å². The molecule has 1 aliphatic rings. The molecule has 0 spiro atoms. The zero-order valence-electron chi connectivity index (χ0n) is 13.0. The van der Waals surface area contributed by atoms with E-state index in [1.807, 2.05) is 0 Å². The van der Waals surface area contributed by atoms with Gasteiger partial charge in [0.2, 0.25) is 0 Å². The van der Waals surface area contributed by atoms with E-state index >= 15 is 0 Å². The number of nitrogens with one attached hydrogen (secondary N) is 1. The molecule has 1 heterocycles. The van der Waals surface area contributed by atoms with E-state index in [4.69, 9.17) is 0 Å². The Kier molecular flexibility index (Phi) is 5.47. The first-order valence-corrected chi connectivity index (χ1v) is 11.7. The summed E-state index contributed by atoms with van der Waals surface area (Å²) >= 11 is -2.07. The Morgan fingerprint density at radius 1 is 1.25 bits per heavy atom. The predicted molar refractivity (Wildman–Crippen MR) is 92.0 cm³/mol. The number of allylic oxidation sites excluding steroid dienone is 4. The number of rotatable bonds is 3. The first kappa shape index (κ1) is 17.7. The van der Waals surface area contributed by atoms with Crippen molar-refractivity contribution in [2.75, 3.05) is 0 Å². The van der Waals surface area contributed by atoms with Gasteiger partial charge in [-0.15, -0.1) is 0 Å². The zero-order valence-corrected chi connectivity index (χ0v) is 14.6. The van der Waals surface area contributed by atoms with Crippen molar-refractivity contribution in [1.29, 1.82) is 0 Å². The van der Waals surface area contributed by atoms with Crippen LogP contribution in [0.3, 0.4) is 0 Å². The average molecular weight is 326 g/mol. The molecule has 0 fully saturated rings. The summed E-state index contributed by atoms with van der Waals surface area (Å²) in [5, 5.41) is 4.91. The molecule has 0 saturated carbocycles. The van der Waals surface area contributed by atoms with Gasteiger partial charge < -0.3 is 0 Å². The fourth-order valence-corrected chi connectivity index (χ4v) is 7.80. The Balaban J connectivity index is 0.00000200. The van der Waals surface area contributed by atoms with Crippen molar-refractivity contribution >= 4 is 16.5 Å². The Hall–Kier alpha value is -0.349. The second-order valence-corrected chi connectivity index (χ2v) is 13.6. The molecule has 0 unspecified atom stereocenters. The van der Waals surface area contributed by atoms with Crippen LogP contribution in [0.1, 0.15) is 32.8 Å². The molecule has 112 valence electrons. The smallest absolute Gasteiger partial charge is 0.0149 e. The molecule has 0 saturated heterocycles. The minimum absolute atomic E-state index is 0. The number of hydrogen-bond donors (Lipinski definition) is 1. The van der Waals surface area contributed by atoms with Crippen LogP contribution in [0.15, 0.2) is 34.5 Å². The topological polar surface area (TPSA) is 17.0 Å². The van der Waals surface area contributed by atoms with Crippen molar-refractivity contribution in [2.45, 2.75) is 43.2 Å². The van der Waals surface area contributed by atoms with E-state index in [1.54, 1.807) is 3.88 Å². The van der Waals surface area contributed by atoms with Gasteiger partial charge in [0.25, 0.3) is 0 Å². The van der Waals surface area contributed by atoms with Crippen LogP contribution >= 0.6 is 0 Å². The SMILES string of the molecule is Cn1ccc(C2=CC[C]([Ti]([CH3])([CH3])[NH]C(C)(C)C)=C2)c1.[SiH4]. The number of aryl methyl sites for hydroxylation is 1. The summed E-state index contributed by atoms with van der Waals surface area (Å²) in [6.07, 6.45) is 10.2. The molecule has 0 radical (unpaired) electrons. The molecule has 4 heteroatoms. The van der Waals surface area contributed by atoms with E-state index in [1.165, 1.54) is 11.1 Å². The van der Waals surface area contributed by atoms with Gasteiger partial charge in [-0.05, 0) is 11.0 Å². The van der Waals surface area contributed by atoms with Crippen molar-refractivity contribution in [2.24, 2.45) is 7.05 Å². The Morgan fingerprint density at radius 3 is 2.40 bits per heavy atom. The summed E-state index contributed by atoms with van der Waals surface area (Å²) in [6, 6.07) is 2.20. The molecular weight excluding hydrogens is 296 g/mol. The van der Waals surface area contributed by atoms with Gasteiger partial charge >= 0.3 is 121 Å². The van der Waals surface area contributed by atoms with Gasteiger partial charge in [-0.3, -0.25) is 0 Å². The standard InChI is InChI=1S/C10H10N.C4H10N.2CH3.H4Si.Ti/c1-11-7-6-10(8-11)9-4-2-3-5-9;1-4(2,3)5;;;;/h4-8H,2H2,1H3;5H,1-3H3;2*1H3;1H4;/q;-1;;;;+1. The van der Waals surface area contributed by atoms with Crippen LogP contribution in [-0.4, -0.2) is 21.1 Å². The van der Waals surface area contributed by atoms with Gasteiger partial charge in [0, 0.05) is 0 Å². The summed E-state index contributed by atoms with van der Waals surface area (Å²) in [6.45, 7) is 6.79. The fraction of sp³-hybridized carbons (Fsp3) is 0.500. The second-order valence-electron chi connectivity index (χ2n) is 7.10. The van der Waals surface area contributed by atoms with Crippen LogP contribution in [0.25, 0.3) is 5.57 Å². The number of hydrogen-bond acceptors (Lipinski definition) is 1. The largest absolute Gasteiger partial charge is 0.0149 e. The van der Waals surface area contributed by atoms with E-state index in [0.717, 1.165) is 6.42 Å². The molecule has 0 bridgehead atoms. The third kappa shape index (κ3) is 4.32.